The number of rotatable bonds is 6. The summed E-state index contributed by atoms with van der Waals surface area (Å²) < 4.78 is 14.0. The molecule has 1 N–H and O–H groups in total. The maximum Gasteiger partial charge on any atom is 0.209 e. The predicted octanol–water partition coefficient (Wildman–Crippen LogP) is 4.69. The van der Waals surface area contributed by atoms with Gasteiger partial charge in [-0.25, -0.2) is 19.3 Å². The number of aryl methyl sites for hydroxylation is 2. The molecule has 1 aromatic carbocycles. The molecule has 0 unspecified atom stereocenters. The first kappa shape index (κ1) is 28.2. The fourth-order valence-electron chi connectivity index (χ4n) is 4.63. The van der Waals surface area contributed by atoms with Crippen LogP contribution < -0.4 is 5.32 Å². The van der Waals surface area contributed by atoms with Crippen molar-refractivity contribution < 1.29 is 9.18 Å². The van der Waals surface area contributed by atoms with Crippen molar-refractivity contribution in [1.29, 1.82) is 0 Å². The van der Waals surface area contributed by atoms with Crippen molar-refractivity contribution in [2.24, 2.45) is 0 Å². The molecule has 2 aliphatic rings. The number of benzene rings is 1. The molecule has 1 aliphatic heterocycles. The van der Waals surface area contributed by atoms with Crippen LogP contribution in [0.3, 0.4) is 0 Å². The Kier molecular flexibility index (Phi) is 9.98. The highest BCUT2D eigenvalue weighted by Gasteiger charge is 2.27. The molecule has 3 aromatic rings. The zero-order valence-corrected chi connectivity index (χ0v) is 23.1. The van der Waals surface area contributed by atoms with Crippen molar-refractivity contribution in [1.82, 2.24) is 24.8 Å². The van der Waals surface area contributed by atoms with E-state index in [0.717, 1.165) is 67.8 Å². The third-order valence-electron chi connectivity index (χ3n) is 7.25. The Morgan fingerprint density at radius 3 is 2.44 bits per heavy atom. The quantitative estimate of drug-likeness (QED) is 0.370. The first-order chi connectivity index (χ1) is 19.0. The van der Waals surface area contributed by atoms with E-state index in [2.05, 4.69) is 37.0 Å². The normalized spacial score (nSPS) is 15.3. The monoisotopic (exact) mass is 528 g/mol. The lowest BCUT2D eigenvalue weighted by Gasteiger charge is -2.42. The van der Waals surface area contributed by atoms with Crippen LogP contribution in [0, 0.1) is 24.6 Å². The molecule has 1 amide bonds. The van der Waals surface area contributed by atoms with Crippen molar-refractivity contribution in [3.05, 3.63) is 71.1 Å². The minimum Gasteiger partial charge on any atom is -0.370 e. The number of aromatic nitrogens is 3. The van der Waals surface area contributed by atoms with Crippen LogP contribution in [0.15, 0.2) is 42.9 Å². The van der Waals surface area contributed by atoms with Crippen molar-refractivity contribution in [3.63, 3.8) is 0 Å². The van der Waals surface area contributed by atoms with Gasteiger partial charge in [-0.2, -0.15) is 0 Å². The van der Waals surface area contributed by atoms with Crippen LogP contribution in [0.1, 0.15) is 55.5 Å². The molecule has 7 nitrogen and oxygen atoms in total. The third-order valence-corrected chi connectivity index (χ3v) is 7.25. The fourth-order valence-corrected chi connectivity index (χ4v) is 4.63. The number of hydrogen-bond donors (Lipinski definition) is 1. The molecule has 0 atom stereocenters. The topological polar surface area (TPSA) is 74.2 Å². The zero-order valence-electron chi connectivity index (χ0n) is 23.1. The molecule has 3 heterocycles. The van der Waals surface area contributed by atoms with Crippen molar-refractivity contribution >= 4 is 12.2 Å². The van der Waals surface area contributed by atoms with E-state index in [9.17, 15) is 9.18 Å². The summed E-state index contributed by atoms with van der Waals surface area (Å²) >= 11 is 0. The van der Waals surface area contributed by atoms with E-state index < -0.39 is 0 Å². The summed E-state index contributed by atoms with van der Waals surface area (Å²) in [7, 11) is 0. The standard InChI is InChI=1S/C22H21FN4.C9H16N2O/c1-4-20-18(10-7-16-8-11-21(24-5-2)25-13-16)22(27-14-26-20)17-9-6-15(3)19(23)12-17;12-8-10-4-6-11(7-5-10)9-2-1-3-9/h6,8-9,11-14H,4-5H2,1-3H3,(H,24,25);8-9H,1-7H2. The zero-order chi connectivity index (χ0) is 27.6. The minimum absolute atomic E-state index is 0.258. The van der Waals surface area contributed by atoms with Crippen LogP contribution >= 0.6 is 0 Å². The Morgan fingerprint density at radius 1 is 1.05 bits per heavy atom. The maximum atomic E-state index is 14.0. The molecule has 8 heteroatoms. The van der Waals surface area contributed by atoms with E-state index >= 15 is 0 Å². The van der Waals surface area contributed by atoms with Gasteiger partial charge in [-0.3, -0.25) is 9.69 Å². The number of nitrogens with one attached hydrogen (secondary N) is 1. The molecule has 2 aromatic heterocycles. The molecular weight excluding hydrogens is 491 g/mol. The highest BCUT2D eigenvalue weighted by Crippen LogP contribution is 2.26. The average molecular weight is 529 g/mol. The molecule has 0 bridgehead atoms. The van der Waals surface area contributed by atoms with Gasteiger partial charge in [0, 0.05) is 56.1 Å². The second-order valence-corrected chi connectivity index (χ2v) is 9.84. The molecule has 0 spiro atoms. The summed E-state index contributed by atoms with van der Waals surface area (Å²) in [6, 6.07) is 9.76. The highest BCUT2D eigenvalue weighted by atomic mass is 19.1. The summed E-state index contributed by atoms with van der Waals surface area (Å²) in [5.41, 5.74) is 4.29. The number of piperazine rings is 1. The number of nitrogens with zero attached hydrogens (tertiary/aromatic N) is 5. The number of carbonyl (C=O) groups excluding carboxylic acids is 1. The molecule has 1 saturated heterocycles. The number of carbonyl (C=O) groups is 1. The SMILES string of the molecule is CCNc1ccc(C#Cc2c(CC)ncnc2-c2ccc(C)c(F)c2)cn1.O=CN1CCN(C2CCC2)CC1. The molecule has 0 radical (unpaired) electrons. The average Bonchev–Trinajstić information content (AvgIpc) is 2.94. The number of hydrogen-bond acceptors (Lipinski definition) is 6. The Bertz CT molecular complexity index is 1300. The second-order valence-electron chi connectivity index (χ2n) is 9.84. The Morgan fingerprint density at radius 2 is 1.85 bits per heavy atom. The highest BCUT2D eigenvalue weighted by molar-refractivity contribution is 5.69. The molecule has 5 rings (SSSR count). The number of halogens is 1. The predicted molar refractivity (Wildman–Crippen MR) is 153 cm³/mol. The van der Waals surface area contributed by atoms with E-state index in [-0.39, 0.29) is 5.82 Å². The van der Waals surface area contributed by atoms with Gasteiger partial charge < -0.3 is 10.2 Å². The number of pyridine rings is 1. The van der Waals surface area contributed by atoms with Gasteiger partial charge in [0.05, 0.1) is 17.0 Å². The van der Waals surface area contributed by atoms with Gasteiger partial charge >= 0.3 is 0 Å². The van der Waals surface area contributed by atoms with Crippen LogP contribution in [0.4, 0.5) is 10.2 Å². The molecular formula is C31H37FN6O. The largest absolute Gasteiger partial charge is 0.370 e. The molecule has 2 fully saturated rings. The van der Waals surface area contributed by atoms with E-state index in [0.29, 0.717) is 23.2 Å². The Balaban J connectivity index is 0.000000243. The van der Waals surface area contributed by atoms with Crippen LogP contribution in [0.2, 0.25) is 0 Å². The summed E-state index contributed by atoms with van der Waals surface area (Å²) in [6.07, 6.45) is 9.07. The van der Waals surface area contributed by atoms with Gasteiger partial charge in [-0.1, -0.05) is 37.3 Å². The lowest BCUT2D eigenvalue weighted by atomic mass is 9.91. The maximum absolute atomic E-state index is 14.0. The van der Waals surface area contributed by atoms with Gasteiger partial charge in [-0.15, -0.1) is 0 Å². The Labute approximate surface area is 230 Å². The van der Waals surface area contributed by atoms with Crippen LogP contribution in [-0.2, 0) is 11.2 Å². The van der Waals surface area contributed by atoms with Gasteiger partial charge in [-0.05, 0) is 56.9 Å². The van der Waals surface area contributed by atoms with E-state index in [1.165, 1.54) is 31.7 Å². The van der Waals surface area contributed by atoms with Crippen molar-refractivity contribution in [3.8, 4) is 23.1 Å². The summed E-state index contributed by atoms with van der Waals surface area (Å²) in [5.74, 6) is 6.86. The fraction of sp³-hybridized carbons (Fsp3) is 0.419. The summed E-state index contributed by atoms with van der Waals surface area (Å²) in [6.45, 7) is 10.6. The van der Waals surface area contributed by atoms with E-state index in [4.69, 9.17) is 0 Å². The van der Waals surface area contributed by atoms with E-state index in [1.807, 2.05) is 36.9 Å². The minimum atomic E-state index is -0.258. The lowest BCUT2D eigenvalue weighted by Crippen LogP contribution is -2.51. The molecule has 39 heavy (non-hydrogen) atoms. The van der Waals surface area contributed by atoms with Crippen LogP contribution in [-0.4, -0.2) is 69.9 Å². The number of amides is 1. The van der Waals surface area contributed by atoms with E-state index in [1.54, 1.807) is 19.2 Å². The van der Waals surface area contributed by atoms with Gasteiger partial charge in [0.1, 0.15) is 18.0 Å². The van der Waals surface area contributed by atoms with Crippen molar-refractivity contribution in [2.75, 3.05) is 38.0 Å². The smallest absolute Gasteiger partial charge is 0.209 e. The van der Waals surface area contributed by atoms with Gasteiger partial charge in [0.25, 0.3) is 0 Å². The summed E-state index contributed by atoms with van der Waals surface area (Å²) in [5, 5.41) is 3.15. The van der Waals surface area contributed by atoms with Gasteiger partial charge in [0.15, 0.2) is 0 Å². The van der Waals surface area contributed by atoms with Crippen molar-refractivity contribution in [2.45, 2.75) is 52.5 Å². The Hall–Kier alpha value is -3.83. The summed E-state index contributed by atoms with van der Waals surface area (Å²) in [4.78, 5) is 27.9. The molecule has 1 aliphatic carbocycles. The lowest BCUT2D eigenvalue weighted by molar-refractivity contribution is -0.120. The second kappa shape index (κ2) is 13.8. The number of anilines is 1. The molecule has 1 saturated carbocycles. The third kappa shape index (κ3) is 7.39. The van der Waals surface area contributed by atoms with Crippen LogP contribution in [0.25, 0.3) is 11.3 Å². The van der Waals surface area contributed by atoms with Gasteiger partial charge in [0.2, 0.25) is 6.41 Å². The first-order valence-electron chi connectivity index (χ1n) is 13.8. The van der Waals surface area contributed by atoms with Crippen LogP contribution in [0.5, 0.6) is 0 Å². The first-order valence-corrected chi connectivity index (χ1v) is 13.8. The molecule has 204 valence electrons.